The van der Waals surface area contributed by atoms with Crippen molar-refractivity contribution in [3.63, 3.8) is 0 Å². The number of esters is 1. The molecule has 5 heteroatoms. The zero-order chi connectivity index (χ0) is 19.2. The van der Waals surface area contributed by atoms with Gasteiger partial charge in [0.25, 0.3) is 0 Å². The van der Waals surface area contributed by atoms with Gasteiger partial charge < -0.3 is 9.47 Å². The third-order valence-corrected chi connectivity index (χ3v) is 4.01. The van der Waals surface area contributed by atoms with E-state index in [2.05, 4.69) is 0 Å². The van der Waals surface area contributed by atoms with Gasteiger partial charge in [-0.15, -0.1) is 0 Å². The summed E-state index contributed by atoms with van der Waals surface area (Å²) >= 11 is 0. The van der Waals surface area contributed by atoms with Gasteiger partial charge in [-0.1, -0.05) is 54.6 Å². The fourth-order valence-corrected chi connectivity index (χ4v) is 2.63. The summed E-state index contributed by atoms with van der Waals surface area (Å²) in [5.74, 6) is -1.33. The maximum Gasteiger partial charge on any atom is 0.339 e. The standard InChI is InChI=1S/C22H17FO4/c1-26-20-12-11-15(13-19(20)23)14-27-22(25)18-10-6-5-9-17(18)21(24)16-7-3-2-4-8-16/h2-13H,14H2,1H3. The fourth-order valence-electron chi connectivity index (χ4n) is 2.63. The second kappa shape index (κ2) is 8.27. The lowest BCUT2D eigenvalue weighted by Crippen LogP contribution is -2.12. The van der Waals surface area contributed by atoms with Gasteiger partial charge in [0, 0.05) is 11.1 Å². The molecular weight excluding hydrogens is 347 g/mol. The molecule has 136 valence electrons. The molecule has 0 aromatic heterocycles. The summed E-state index contributed by atoms with van der Waals surface area (Å²) in [7, 11) is 1.37. The Kier molecular flexibility index (Phi) is 5.61. The van der Waals surface area contributed by atoms with Gasteiger partial charge in [-0.25, -0.2) is 9.18 Å². The van der Waals surface area contributed by atoms with Crippen molar-refractivity contribution < 1.29 is 23.5 Å². The molecule has 0 radical (unpaired) electrons. The van der Waals surface area contributed by atoms with Crippen molar-refractivity contribution in [1.29, 1.82) is 0 Å². The van der Waals surface area contributed by atoms with Gasteiger partial charge in [-0.2, -0.15) is 0 Å². The predicted molar refractivity (Wildman–Crippen MR) is 98.4 cm³/mol. The number of ether oxygens (including phenoxy) is 2. The molecule has 0 atom stereocenters. The number of ketones is 1. The van der Waals surface area contributed by atoms with Crippen molar-refractivity contribution in [2.45, 2.75) is 6.61 Å². The first kappa shape index (κ1) is 18.3. The molecule has 0 heterocycles. The summed E-state index contributed by atoms with van der Waals surface area (Å²) < 4.78 is 23.9. The van der Waals surface area contributed by atoms with Crippen molar-refractivity contribution in [1.82, 2.24) is 0 Å². The lowest BCUT2D eigenvalue weighted by molar-refractivity contribution is 0.0469. The number of hydrogen-bond donors (Lipinski definition) is 0. The largest absolute Gasteiger partial charge is 0.494 e. The molecule has 0 aliphatic rings. The SMILES string of the molecule is COc1ccc(COC(=O)c2ccccc2C(=O)c2ccccc2)cc1F. The molecule has 0 fully saturated rings. The lowest BCUT2D eigenvalue weighted by atomic mass is 9.98. The zero-order valence-electron chi connectivity index (χ0n) is 14.6. The van der Waals surface area contributed by atoms with Crippen LogP contribution >= 0.6 is 0 Å². The third kappa shape index (κ3) is 4.20. The van der Waals surface area contributed by atoms with Gasteiger partial charge in [0.2, 0.25) is 0 Å². The van der Waals surface area contributed by atoms with E-state index in [0.29, 0.717) is 11.1 Å². The van der Waals surface area contributed by atoms with Crippen LogP contribution in [0.4, 0.5) is 4.39 Å². The molecule has 3 rings (SSSR count). The van der Waals surface area contributed by atoms with E-state index in [0.717, 1.165) is 0 Å². The van der Waals surface area contributed by atoms with Crippen molar-refractivity contribution in [2.75, 3.05) is 7.11 Å². The molecule has 0 amide bonds. The van der Waals surface area contributed by atoms with Crippen molar-refractivity contribution in [3.8, 4) is 5.75 Å². The Morgan fingerprint density at radius 2 is 1.56 bits per heavy atom. The monoisotopic (exact) mass is 364 g/mol. The summed E-state index contributed by atoms with van der Waals surface area (Å²) in [5, 5.41) is 0. The van der Waals surface area contributed by atoms with Gasteiger partial charge >= 0.3 is 5.97 Å². The van der Waals surface area contributed by atoms with E-state index in [9.17, 15) is 14.0 Å². The molecule has 0 bridgehead atoms. The average Bonchev–Trinajstić information content (AvgIpc) is 2.72. The van der Waals surface area contributed by atoms with Crippen molar-refractivity contribution >= 4 is 11.8 Å². The maximum atomic E-state index is 13.7. The average molecular weight is 364 g/mol. The summed E-state index contributed by atoms with van der Waals surface area (Å²) in [6.45, 7) is -0.117. The highest BCUT2D eigenvalue weighted by Gasteiger charge is 2.19. The molecule has 0 aliphatic carbocycles. The van der Waals surface area contributed by atoms with Crippen LogP contribution in [-0.4, -0.2) is 18.9 Å². The minimum absolute atomic E-state index is 0.115. The Morgan fingerprint density at radius 1 is 0.889 bits per heavy atom. The minimum atomic E-state index is -0.647. The summed E-state index contributed by atoms with van der Waals surface area (Å²) in [4.78, 5) is 25.2. The van der Waals surface area contributed by atoms with Crippen LogP contribution < -0.4 is 4.74 Å². The van der Waals surface area contributed by atoms with Crippen LogP contribution in [0.2, 0.25) is 0 Å². The zero-order valence-corrected chi connectivity index (χ0v) is 14.6. The Hall–Kier alpha value is -3.47. The van der Waals surface area contributed by atoms with Crippen LogP contribution in [0.15, 0.2) is 72.8 Å². The number of carbonyl (C=O) groups is 2. The van der Waals surface area contributed by atoms with Gasteiger partial charge in [0.05, 0.1) is 12.7 Å². The van der Waals surface area contributed by atoms with Crippen LogP contribution in [0.3, 0.4) is 0 Å². The molecule has 0 N–H and O–H groups in total. The van der Waals surface area contributed by atoms with E-state index in [1.54, 1.807) is 48.5 Å². The van der Waals surface area contributed by atoms with Gasteiger partial charge in [-0.05, 0) is 23.8 Å². The Morgan fingerprint density at radius 3 is 2.22 bits per heavy atom. The van der Waals surface area contributed by atoms with Gasteiger partial charge in [-0.3, -0.25) is 4.79 Å². The second-order valence-corrected chi connectivity index (χ2v) is 5.79. The Bertz CT molecular complexity index is 967. The highest BCUT2D eigenvalue weighted by Crippen LogP contribution is 2.20. The highest BCUT2D eigenvalue weighted by molar-refractivity contribution is 6.14. The van der Waals surface area contributed by atoms with Crippen LogP contribution in [0, 0.1) is 5.82 Å². The Labute approximate surface area is 156 Å². The van der Waals surface area contributed by atoms with E-state index in [4.69, 9.17) is 9.47 Å². The van der Waals surface area contributed by atoms with Gasteiger partial charge in [0.1, 0.15) is 6.61 Å². The number of hydrogen-bond acceptors (Lipinski definition) is 4. The van der Waals surface area contributed by atoms with E-state index >= 15 is 0 Å². The molecule has 0 saturated carbocycles. The first-order chi connectivity index (χ1) is 13.1. The summed E-state index contributed by atoms with van der Waals surface area (Å²) in [6.07, 6.45) is 0. The summed E-state index contributed by atoms with van der Waals surface area (Å²) in [5.41, 5.74) is 1.39. The third-order valence-electron chi connectivity index (χ3n) is 4.01. The number of halogens is 1. The van der Waals surface area contributed by atoms with Crippen LogP contribution in [0.1, 0.15) is 31.8 Å². The van der Waals surface area contributed by atoms with Crippen LogP contribution in [-0.2, 0) is 11.3 Å². The van der Waals surface area contributed by atoms with Crippen molar-refractivity contribution in [3.05, 3.63) is 101 Å². The minimum Gasteiger partial charge on any atom is -0.494 e. The van der Waals surface area contributed by atoms with E-state index in [1.807, 2.05) is 6.07 Å². The van der Waals surface area contributed by atoms with E-state index in [-0.39, 0.29) is 29.3 Å². The topological polar surface area (TPSA) is 52.6 Å². The second-order valence-electron chi connectivity index (χ2n) is 5.79. The molecule has 3 aromatic rings. The molecular formula is C22H17FO4. The van der Waals surface area contributed by atoms with E-state index < -0.39 is 11.8 Å². The lowest BCUT2D eigenvalue weighted by Gasteiger charge is -2.10. The number of rotatable bonds is 6. The number of benzene rings is 3. The van der Waals surface area contributed by atoms with Crippen LogP contribution in [0.25, 0.3) is 0 Å². The number of methoxy groups -OCH3 is 1. The molecule has 0 saturated heterocycles. The summed E-state index contributed by atoms with van der Waals surface area (Å²) in [6, 6.07) is 19.5. The predicted octanol–water partition coefficient (Wildman–Crippen LogP) is 4.42. The molecule has 3 aromatic carbocycles. The molecule has 0 unspecified atom stereocenters. The Balaban J connectivity index is 1.78. The quantitative estimate of drug-likeness (QED) is 0.480. The first-order valence-electron chi connectivity index (χ1n) is 8.28. The maximum absolute atomic E-state index is 13.7. The highest BCUT2D eigenvalue weighted by atomic mass is 19.1. The molecule has 27 heavy (non-hydrogen) atoms. The normalized spacial score (nSPS) is 10.3. The van der Waals surface area contributed by atoms with Crippen LogP contribution in [0.5, 0.6) is 5.75 Å². The molecule has 4 nitrogen and oxygen atoms in total. The fraction of sp³-hybridized carbons (Fsp3) is 0.0909. The number of carbonyl (C=O) groups excluding carboxylic acids is 2. The van der Waals surface area contributed by atoms with E-state index in [1.165, 1.54) is 25.3 Å². The van der Waals surface area contributed by atoms with Gasteiger partial charge in [0.15, 0.2) is 17.3 Å². The molecule has 0 aliphatic heterocycles. The molecule has 0 spiro atoms. The van der Waals surface area contributed by atoms with Crippen molar-refractivity contribution in [2.24, 2.45) is 0 Å². The smallest absolute Gasteiger partial charge is 0.339 e. The first-order valence-corrected chi connectivity index (χ1v) is 8.28.